The minimum absolute atomic E-state index is 0.0995. The van der Waals surface area contributed by atoms with E-state index >= 15 is 0 Å². The maximum Gasteiger partial charge on any atom is 0.335 e. The van der Waals surface area contributed by atoms with E-state index in [1.807, 2.05) is 0 Å². The maximum absolute atomic E-state index is 11.1. The third-order valence-electron chi connectivity index (χ3n) is 1.59. The summed E-state index contributed by atoms with van der Waals surface area (Å²) in [6.45, 7) is 0. The summed E-state index contributed by atoms with van der Waals surface area (Å²) in [4.78, 5) is 24.1. The highest BCUT2D eigenvalue weighted by Gasteiger charge is 2.08. The van der Waals surface area contributed by atoms with Crippen LogP contribution in [0.4, 0.5) is 0 Å². The maximum atomic E-state index is 11.1. The Labute approximate surface area is 79.2 Å². The Morgan fingerprint density at radius 2 is 1.71 bits per heavy atom. The van der Waals surface area contributed by atoms with Crippen LogP contribution in [-0.2, 0) is 0 Å². The molecule has 0 aromatic heterocycles. The second-order valence-corrected chi connectivity index (χ2v) is 2.49. The van der Waals surface area contributed by atoms with Crippen LogP contribution < -0.4 is 0 Å². The molecule has 1 N–H and O–H groups in total. The van der Waals surface area contributed by atoms with E-state index in [2.05, 4.69) is 4.79 Å². The van der Waals surface area contributed by atoms with Crippen LogP contribution in [-0.4, -0.2) is 27.9 Å². The molecular formula is C9H6N2O3. The summed E-state index contributed by atoms with van der Waals surface area (Å²) in [5, 5.41) is 8.57. The molecule has 0 bridgehead atoms. The van der Waals surface area contributed by atoms with Gasteiger partial charge in [0.15, 0.2) is 0 Å². The molecule has 0 radical (unpaired) electrons. The van der Waals surface area contributed by atoms with Crippen LogP contribution in [0.5, 0.6) is 0 Å². The van der Waals surface area contributed by atoms with Crippen LogP contribution in [0.1, 0.15) is 20.7 Å². The van der Waals surface area contributed by atoms with Gasteiger partial charge in [-0.3, -0.25) is 4.79 Å². The number of nitrogens with zero attached hydrogens (tertiary/aromatic N) is 2. The number of carboxylic acids is 1. The van der Waals surface area contributed by atoms with Gasteiger partial charge < -0.3 is 10.6 Å². The SMILES string of the molecule is [N-]=[N+]=CC(=O)c1ccc(C(=O)O)cc1. The monoisotopic (exact) mass is 190 g/mol. The number of Topliss-reactive ketones (excluding diaryl/α,β-unsaturated/α-hetero) is 1. The van der Waals surface area contributed by atoms with Gasteiger partial charge in [0, 0.05) is 5.56 Å². The summed E-state index contributed by atoms with van der Waals surface area (Å²) in [7, 11) is 0. The lowest BCUT2D eigenvalue weighted by atomic mass is 10.1. The number of carbonyl (C=O) groups is 2. The number of carbonyl (C=O) groups excluding carboxylic acids is 1. The summed E-state index contributed by atoms with van der Waals surface area (Å²) in [6, 6.07) is 5.32. The van der Waals surface area contributed by atoms with Crippen molar-refractivity contribution in [2.75, 3.05) is 0 Å². The van der Waals surface area contributed by atoms with Gasteiger partial charge in [-0.2, -0.15) is 4.79 Å². The number of hydrogen-bond donors (Lipinski definition) is 1. The first-order valence-electron chi connectivity index (χ1n) is 3.70. The van der Waals surface area contributed by atoms with Gasteiger partial charge in [-0.15, -0.1) is 0 Å². The van der Waals surface area contributed by atoms with Gasteiger partial charge >= 0.3 is 12.2 Å². The first-order valence-corrected chi connectivity index (χ1v) is 3.70. The molecular weight excluding hydrogens is 184 g/mol. The van der Waals surface area contributed by atoms with Gasteiger partial charge in [0.25, 0.3) is 5.78 Å². The van der Waals surface area contributed by atoms with Crippen molar-refractivity contribution in [1.82, 2.24) is 0 Å². The largest absolute Gasteiger partial charge is 0.478 e. The van der Waals surface area contributed by atoms with E-state index in [0.717, 1.165) is 6.21 Å². The second-order valence-electron chi connectivity index (χ2n) is 2.49. The molecule has 5 nitrogen and oxygen atoms in total. The lowest BCUT2D eigenvalue weighted by Crippen LogP contribution is -2.02. The normalized spacial score (nSPS) is 8.86. The first-order chi connectivity index (χ1) is 6.65. The minimum Gasteiger partial charge on any atom is -0.478 e. The van der Waals surface area contributed by atoms with E-state index in [-0.39, 0.29) is 11.1 Å². The molecule has 1 rings (SSSR count). The van der Waals surface area contributed by atoms with Gasteiger partial charge in [0.05, 0.1) is 5.56 Å². The van der Waals surface area contributed by atoms with Crippen molar-refractivity contribution in [3.63, 3.8) is 0 Å². The molecule has 14 heavy (non-hydrogen) atoms. The molecule has 0 heterocycles. The molecule has 0 amide bonds. The third-order valence-corrected chi connectivity index (χ3v) is 1.59. The summed E-state index contributed by atoms with van der Waals surface area (Å²) >= 11 is 0. The molecule has 0 saturated heterocycles. The number of carboxylic acid groups (broad SMARTS) is 1. The highest BCUT2D eigenvalue weighted by Crippen LogP contribution is 2.04. The second kappa shape index (κ2) is 4.11. The first kappa shape index (κ1) is 9.83. The Morgan fingerprint density at radius 3 is 2.14 bits per heavy atom. The molecule has 1 aromatic rings. The zero-order valence-corrected chi connectivity index (χ0v) is 7.04. The van der Waals surface area contributed by atoms with Crippen molar-refractivity contribution in [2.45, 2.75) is 0 Å². The fraction of sp³-hybridized carbons (Fsp3) is 0. The summed E-state index contributed by atoms with van der Waals surface area (Å²) in [6.07, 6.45) is 0.746. The van der Waals surface area contributed by atoms with E-state index in [4.69, 9.17) is 10.6 Å². The number of benzene rings is 1. The van der Waals surface area contributed by atoms with Crippen LogP contribution in [0.3, 0.4) is 0 Å². The van der Waals surface area contributed by atoms with E-state index in [1.165, 1.54) is 24.3 Å². The van der Waals surface area contributed by atoms with Crippen LogP contribution in [0.15, 0.2) is 24.3 Å². The van der Waals surface area contributed by atoms with E-state index < -0.39 is 11.8 Å². The zero-order valence-electron chi connectivity index (χ0n) is 7.04. The van der Waals surface area contributed by atoms with Crippen LogP contribution in [0.2, 0.25) is 0 Å². The average molecular weight is 190 g/mol. The predicted octanol–water partition coefficient (Wildman–Crippen LogP) is 0.868. The van der Waals surface area contributed by atoms with E-state index in [1.54, 1.807) is 0 Å². The fourth-order valence-corrected chi connectivity index (χ4v) is 0.904. The van der Waals surface area contributed by atoms with Crippen LogP contribution in [0, 0.1) is 0 Å². The Balaban J connectivity index is 2.99. The summed E-state index contributed by atoms with van der Waals surface area (Å²) in [5.74, 6) is -1.54. The number of ketones is 1. The molecule has 0 aliphatic heterocycles. The topological polar surface area (TPSA) is 90.8 Å². The highest BCUT2D eigenvalue weighted by molar-refractivity contribution is 6.33. The molecule has 1 aromatic carbocycles. The quantitative estimate of drug-likeness (QED) is 0.331. The van der Waals surface area contributed by atoms with E-state index in [0.29, 0.717) is 0 Å². The smallest absolute Gasteiger partial charge is 0.335 e. The summed E-state index contributed by atoms with van der Waals surface area (Å²) < 4.78 is 0. The van der Waals surface area contributed by atoms with Gasteiger partial charge in [-0.1, -0.05) is 0 Å². The van der Waals surface area contributed by atoms with Crippen molar-refractivity contribution in [1.29, 1.82) is 0 Å². The fourth-order valence-electron chi connectivity index (χ4n) is 0.904. The number of hydrogen-bond acceptors (Lipinski definition) is 2. The number of rotatable bonds is 3. The van der Waals surface area contributed by atoms with E-state index in [9.17, 15) is 9.59 Å². The Morgan fingerprint density at radius 1 is 1.21 bits per heavy atom. The molecule has 0 spiro atoms. The van der Waals surface area contributed by atoms with Crippen molar-refractivity contribution in [3.05, 3.63) is 40.9 Å². The number of aromatic carboxylic acids is 1. The van der Waals surface area contributed by atoms with Gasteiger partial charge in [0.1, 0.15) is 0 Å². The molecule has 0 aliphatic rings. The molecule has 0 fully saturated rings. The Kier molecular flexibility index (Phi) is 2.89. The van der Waals surface area contributed by atoms with Crippen LogP contribution >= 0.6 is 0 Å². The van der Waals surface area contributed by atoms with Gasteiger partial charge in [-0.05, 0) is 24.3 Å². The van der Waals surface area contributed by atoms with Gasteiger partial charge in [-0.25, -0.2) is 4.79 Å². The molecule has 70 valence electrons. The van der Waals surface area contributed by atoms with Crippen molar-refractivity contribution >= 4 is 18.0 Å². The lowest BCUT2D eigenvalue weighted by Gasteiger charge is -1.94. The van der Waals surface area contributed by atoms with Crippen molar-refractivity contribution in [3.8, 4) is 0 Å². The van der Waals surface area contributed by atoms with Crippen molar-refractivity contribution < 1.29 is 19.5 Å². The predicted molar refractivity (Wildman–Crippen MR) is 47.4 cm³/mol. The Hall–Kier alpha value is -2.26. The average Bonchev–Trinajstić information content (AvgIpc) is 2.18. The molecule has 5 heteroatoms. The van der Waals surface area contributed by atoms with Crippen molar-refractivity contribution in [2.24, 2.45) is 0 Å². The summed E-state index contributed by atoms with van der Waals surface area (Å²) in [5.41, 5.74) is 8.47. The molecule has 0 saturated carbocycles. The molecule has 0 atom stereocenters. The Bertz CT molecular complexity index is 416. The molecule has 0 aliphatic carbocycles. The third kappa shape index (κ3) is 2.12. The van der Waals surface area contributed by atoms with Crippen LogP contribution in [0.25, 0.3) is 5.53 Å². The van der Waals surface area contributed by atoms with Gasteiger partial charge in [0.2, 0.25) is 0 Å². The zero-order chi connectivity index (χ0) is 10.6. The standard InChI is InChI=1S/C9H6N2O3/c10-11-5-8(12)6-1-3-7(4-2-6)9(13)14/h1-5H,(H,13,14). The lowest BCUT2D eigenvalue weighted by molar-refractivity contribution is 0.00234. The minimum atomic E-state index is -1.06. The highest BCUT2D eigenvalue weighted by atomic mass is 16.4. The molecule has 0 unspecified atom stereocenters.